The van der Waals surface area contributed by atoms with Crippen LogP contribution in [-0.4, -0.2) is 23.5 Å². The van der Waals surface area contributed by atoms with E-state index in [0.29, 0.717) is 39.4 Å². The molecule has 0 saturated carbocycles. The fourth-order valence-electron chi connectivity index (χ4n) is 3.71. The third-order valence-electron chi connectivity index (χ3n) is 5.48. The molecule has 1 saturated heterocycles. The minimum Gasteiger partial charge on any atom is -0.490 e. The van der Waals surface area contributed by atoms with Gasteiger partial charge in [0.15, 0.2) is 16.6 Å². The zero-order valence-corrected chi connectivity index (χ0v) is 23.7. The number of rotatable bonds is 7. The fourth-order valence-corrected chi connectivity index (χ4v) is 4.92. The van der Waals surface area contributed by atoms with Crippen LogP contribution in [0, 0.1) is 6.92 Å². The van der Waals surface area contributed by atoms with Crippen molar-refractivity contribution < 1.29 is 19.1 Å². The quantitative estimate of drug-likeness (QED) is 0.178. The van der Waals surface area contributed by atoms with Crippen LogP contribution >= 0.6 is 51.3 Å². The number of hydrogen-bond acceptors (Lipinski definition) is 5. The van der Waals surface area contributed by atoms with E-state index in [9.17, 15) is 9.59 Å². The number of amides is 2. The van der Waals surface area contributed by atoms with Gasteiger partial charge in [-0.3, -0.25) is 19.8 Å². The van der Waals surface area contributed by atoms with Crippen LogP contribution in [-0.2, 0) is 16.2 Å². The average Bonchev–Trinajstić information content (AvgIpc) is 2.83. The Hall–Kier alpha value is -2.91. The normalized spacial score (nSPS) is 14.7. The largest absolute Gasteiger partial charge is 0.490 e. The van der Waals surface area contributed by atoms with Gasteiger partial charge in [0.1, 0.15) is 12.2 Å². The van der Waals surface area contributed by atoms with Crippen LogP contribution in [0.5, 0.6) is 11.5 Å². The van der Waals surface area contributed by atoms with Crippen molar-refractivity contribution in [2.75, 3.05) is 11.5 Å². The molecule has 190 valence electrons. The number of aryl methyl sites for hydroxylation is 1. The summed E-state index contributed by atoms with van der Waals surface area (Å²) in [6.07, 6.45) is 1.50. The van der Waals surface area contributed by atoms with Crippen LogP contribution in [0.1, 0.15) is 23.6 Å². The number of halogens is 3. The van der Waals surface area contributed by atoms with Gasteiger partial charge in [0.2, 0.25) is 0 Å². The lowest BCUT2D eigenvalue weighted by Crippen LogP contribution is -2.54. The van der Waals surface area contributed by atoms with Gasteiger partial charge < -0.3 is 9.47 Å². The molecule has 3 aromatic carbocycles. The molecule has 0 spiro atoms. The van der Waals surface area contributed by atoms with Crippen molar-refractivity contribution in [2.24, 2.45) is 0 Å². The molecule has 37 heavy (non-hydrogen) atoms. The van der Waals surface area contributed by atoms with Crippen LogP contribution in [0.15, 0.2) is 64.6 Å². The Morgan fingerprint density at radius 1 is 1.03 bits per heavy atom. The molecule has 3 aromatic rings. The van der Waals surface area contributed by atoms with E-state index in [4.69, 9.17) is 44.9 Å². The molecule has 0 bridgehead atoms. The first-order valence-electron chi connectivity index (χ1n) is 11.2. The number of carbonyl (C=O) groups is 2. The monoisotopic (exact) mass is 618 g/mol. The first kappa shape index (κ1) is 27.1. The van der Waals surface area contributed by atoms with Gasteiger partial charge in [-0.15, -0.1) is 0 Å². The number of carbonyl (C=O) groups excluding carboxylic acids is 2. The number of nitrogens with one attached hydrogen (secondary N) is 1. The van der Waals surface area contributed by atoms with Gasteiger partial charge in [-0.1, -0.05) is 51.3 Å². The van der Waals surface area contributed by atoms with E-state index in [1.807, 2.05) is 26.0 Å². The maximum Gasteiger partial charge on any atom is 0.270 e. The number of ether oxygens (including phenoxy) is 2. The smallest absolute Gasteiger partial charge is 0.270 e. The molecule has 0 unspecified atom stereocenters. The van der Waals surface area contributed by atoms with Crippen molar-refractivity contribution in [3.63, 3.8) is 0 Å². The molecule has 6 nitrogen and oxygen atoms in total. The van der Waals surface area contributed by atoms with Crippen LogP contribution in [0.3, 0.4) is 0 Å². The Morgan fingerprint density at radius 2 is 1.81 bits per heavy atom. The summed E-state index contributed by atoms with van der Waals surface area (Å²) in [5.74, 6) is -0.143. The maximum atomic E-state index is 13.4. The zero-order chi connectivity index (χ0) is 26.7. The summed E-state index contributed by atoms with van der Waals surface area (Å²) in [7, 11) is 0. The summed E-state index contributed by atoms with van der Waals surface area (Å²) in [5.41, 5.74) is 2.70. The number of anilines is 1. The SMILES string of the molecule is CCOc1cc(/C=C2\C(=O)NC(=S)N(c3ccc(Br)cc3C)C2=O)ccc1OCc1ccc(Cl)cc1Cl. The fraction of sp³-hybridized carbons (Fsp3) is 0.148. The molecule has 0 aliphatic carbocycles. The summed E-state index contributed by atoms with van der Waals surface area (Å²) < 4.78 is 12.6. The number of benzene rings is 3. The van der Waals surface area contributed by atoms with Gasteiger partial charge in [0.25, 0.3) is 11.8 Å². The predicted octanol–water partition coefficient (Wildman–Crippen LogP) is 6.87. The lowest BCUT2D eigenvalue weighted by molar-refractivity contribution is -0.122. The Balaban J connectivity index is 1.63. The summed E-state index contributed by atoms with van der Waals surface area (Å²) in [6.45, 7) is 4.31. The summed E-state index contributed by atoms with van der Waals surface area (Å²) >= 11 is 21.0. The highest BCUT2D eigenvalue weighted by molar-refractivity contribution is 9.10. The molecule has 0 atom stereocenters. The minimum absolute atomic E-state index is 0.0252. The lowest BCUT2D eigenvalue weighted by atomic mass is 10.1. The van der Waals surface area contributed by atoms with Crippen molar-refractivity contribution in [1.29, 1.82) is 0 Å². The van der Waals surface area contributed by atoms with Crippen LogP contribution < -0.4 is 19.7 Å². The second-order valence-electron chi connectivity index (χ2n) is 8.05. The molecule has 1 fully saturated rings. The van der Waals surface area contributed by atoms with E-state index in [2.05, 4.69) is 21.2 Å². The standard InChI is InChI=1S/C27H21BrCl2N2O4S/c1-3-35-24-12-16(4-9-23(24)36-14-17-5-7-19(29)13-21(17)30)11-20-25(33)31-27(37)32(26(20)34)22-8-6-18(28)10-15(22)2/h4-13H,3,14H2,1-2H3,(H,31,33,37)/b20-11+. The predicted molar refractivity (Wildman–Crippen MR) is 153 cm³/mol. The van der Waals surface area contributed by atoms with Crippen molar-refractivity contribution >= 4 is 80.0 Å². The molecule has 1 heterocycles. The van der Waals surface area contributed by atoms with Crippen molar-refractivity contribution in [1.82, 2.24) is 5.32 Å². The van der Waals surface area contributed by atoms with E-state index in [-0.39, 0.29) is 17.3 Å². The van der Waals surface area contributed by atoms with Crippen molar-refractivity contribution in [3.05, 3.63) is 91.4 Å². The Morgan fingerprint density at radius 3 is 2.51 bits per heavy atom. The number of nitrogens with zero attached hydrogens (tertiary/aromatic N) is 1. The zero-order valence-electron chi connectivity index (χ0n) is 19.8. The van der Waals surface area contributed by atoms with E-state index in [1.54, 1.807) is 42.5 Å². The molecule has 0 radical (unpaired) electrons. The lowest BCUT2D eigenvalue weighted by Gasteiger charge is -2.30. The molecule has 0 aromatic heterocycles. The Bertz CT molecular complexity index is 1440. The summed E-state index contributed by atoms with van der Waals surface area (Å²) in [4.78, 5) is 27.4. The van der Waals surface area contributed by atoms with E-state index in [0.717, 1.165) is 15.6 Å². The first-order valence-corrected chi connectivity index (χ1v) is 13.1. The van der Waals surface area contributed by atoms with Gasteiger partial charge in [-0.25, -0.2) is 0 Å². The van der Waals surface area contributed by atoms with E-state index in [1.165, 1.54) is 11.0 Å². The number of thiocarbonyl (C=S) groups is 1. The van der Waals surface area contributed by atoms with Gasteiger partial charge in [0, 0.05) is 20.1 Å². The maximum absolute atomic E-state index is 13.4. The minimum atomic E-state index is -0.573. The highest BCUT2D eigenvalue weighted by Gasteiger charge is 2.35. The van der Waals surface area contributed by atoms with Gasteiger partial charge in [-0.2, -0.15) is 0 Å². The van der Waals surface area contributed by atoms with E-state index < -0.39 is 11.8 Å². The first-order chi connectivity index (χ1) is 17.7. The molecule has 4 rings (SSSR count). The van der Waals surface area contributed by atoms with Gasteiger partial charge >= 0.3 is 0 Å². The average molecular weight is 620 g/mol. The van der Waals surface area contributed by atoms with Crippen LogP contribution in [0.25, 0.3) is 6.08 Å². The van der Waals surface area contributed by atoms with Gasteiger partial charge in [-0.05, 0) is 85.7 Å². The Labute approximate surface area is 238 Å². The second kappa shape index (κ2) is 11.6. The van der Waals surface area contributed by atoms with Crippen LogP contribution in [0.2, 0.25) is 10.0 Å². The topological polar surface area (TPSA) is 67.9 Å². The van der Waals surface area contributed by atoms with Crippen molar-refractivity contribution in [2.45, 2.75) is 20.5 Å². The third kappa shape index (κ3) is 6.15. The van der Waals surface area contributed by atoms with E-state index >= 15 is 0 Å². The highest BCUT2D eigenvalue weighted by Crippen LogP contribution is 2.32. The Kier molecular flexibility index (Phi) is 8.54. The second-order valence-corrected chi connectivity index (χ2v) is 10.2. The summed E-state index contributed by atoms with van der Waals surface area (Å²) in [6, 6.07) is 15.8. The van der Waals surface area contributed by atoms with Crippen LogP contribution in [0.4, 0.5) is 5.69 Å². The molecule has 10 heteroatoms. The number of hydrogen-bond donors (Lipinski definition) is 1. The molecular formula is C27H21BrCl2N2O4S. The van der Waals surface area contributed by atoms with Gasteiger partial charge in [0.05, 0.1) is 12.3 Å². The summed E-state index contributed by atoms with van der Waals surface area (Å²) in [5, 5.41) is 3.67. The van der Waals surface area contributed by atoms with Crippen molar-refractivity contribution in [3.8, 4) is 11.5 Å². The molecule has 1 N–H and O–H groups in total. The highest BCUT2D eigenvalue weighted by atomic mass is 79.9. The third-order valence-corrected chi connectivity index (χ3v) is 6.84. The molecular weight excluding hydrogens is 599 g/mol. The molecule has 1 aliphatic rings. The molecule has 1 aliphatic heterocycles. The molecule has 2 amide bonds.